The van der Waals surface area contributed by atoms with Crippen molar-refractivity contribution in [2.75, 3.05) is 12.3 Å². The van der Waals surface area contributed by atoms with Crippen LogP contribution in [0.4, 0.5) is 5.69 Å². The molecule has 0 radical (unpaired) electrons. The number of rotatable bonds is 4. The van der Waals surface area contributed by atoms with Gasteiger partial charge >= 0.3 is 0 Å². The van der Waals surface area contributed by atoms with Gasteiger partial charge in [0.25, 0.3) is 5.91 Å². The van der Waals surface area contributed by atoms with E-state index < -0.39 is 0 Å². The second-order valence-electron chi connectivity index (χ2n) is 3.45. The Morgan fingerprint density at radius 1 is 1.53 bits per heavy atom. The Morgan fingerprint density at radius 3 is 3.12 bits per heavy atom. The summed E-state index contributed by atoms with van der Waals surface area (Å²) in [5, 5.41) is 4.76. The highest BCUT2D eigenvalue weighted by atomic mass is 32.1. The summed E-state index contributed by atoms with van der Waals surface area (Å²) in [5.74, 6) is -0.180. The smallest absolute Gasteiger partial charge is 0.253 e. The van der Waals surface area contributed by atoms with Crippen molar-refractivity contribution in [3.63, 3.8) is 0 Å². The van der Waals surface area contributed by atoms with E-state index in [1.165, 1.54) is 6.20 Å². The summed E-state index contributed by atoms with van der Waals surface area (Å²) in [6.07, 6.45) is 3.74. The number of nitrogens with two attached hydrogens (primary N) is 1. The maximum Gasteiger partial charge on any atom is 0.253 e. The minimum atomic E-state index is -0.180. The highest BCUT2D eigenvalue weighted by molar-refractivity contribution is 7.07. The molecule has 17 heavy (non-hydrogen) atoms. The van der Waals surface area contributed by atoms with Gasteiger partial charge in [-0.3, -0.25) is 9.78 Å². The zero-order valence-electron chi connectivity index (χ0n) is 9.09. The highest BCUT2D eigenvalue weighted by Crippen LogP contribution is 2.08. The van der Waals surface area contributed by atoms with Crippen LogP contribution in [0.1, 0.15) is 16.1 Å². The summed E-state index contributed by atoms with van der Waals surface area (Å²) >= 11 is 1.55. The van der Waals surface area contributed by atoms with Crippen molar-refractivity contribution < 1.29 is 4.79 Å². The van der Waals surface area contributed by atoms with E-state index in [-0.39, 0.29) is 5.91 Å². The van der Waals surface area contributed by atoms with Crippen molar-refractivity contribution >= 4 is 22.9 Å². The molecule has 0 atom stereocenters. The Labute approximate surface area is 103 Å². The van der Waals surface area contributed by atoms with E-state index in [0.29, 0.717) is 17.8 Å². The van der Waals surface area contributed by atoms with Gasteiger partial charge in [-0.1, -0.05) is 0 Å². The van der Waals surface area contributed by atoms with Gasteiger partial charge < -0.3 is 11.1 Å². The van der Waals surface area contributed by atoms with E-state index in [1.54, 1.807) is 29.1 Å². The number of thiazole rings is 1. The number of nitrogens with zero attached hydrogens (tertiary/aromatic N) is 2. The molecule has 2 rings (SSSR count). The van der Waals surface area contributed by atoms with Gasteiger partial charge in [0.1, 0.15) is 0 Å². The van der Waals surface area contributed by atoms with E-state index in [9.17, 15) is 4.79 Å². The molecule has 2 heterocycles. The molecular formula is C11H12N4OS. The van der Waals surface area contributed by atoms with Crippen molar-refractivity contribution in [2.24, 2.45) is 0 Å². The molecule has 2 aromatic heterocycles. The number of nitrogen functional groups attached to an aromatic ring is 1. The molecular weight excluding hydrogens is 236 g/mol. The van der Waals surface area contributed by atoms with Gasteiger partial charge in [-0.25, -0.2) is 4.98 Å². The van der Waals surface area contributed by atoms with Gasteiger partial charge in [0, 0.05) is 24.5 Å². The van der Waals surface area contributed by atoms with Gasteiger partial charge in [-0.05, 0) is 6.07 Å². The molecule has 0 fully saturated rings. The molecule has 5 nitrogen and oxygen atoms in total. The summed E-state index contributed by atoms with van der Waals surface area (Å²) in [6.45, 7) is 0.546. The van der Waals surface area contributed by atoms with Crippen LogP contribution in [-0.4, -0.2) is 22.4 Å². The molecule has 3 N–H and O–H groups in total. The number of amides is 1. The molecule has 0 aliphatic carbocycles. The van der Waals surface area contributed by atoms with Crippen LogP contribution in [-0.2, 0) is 6.42 Å². The Balaban J connectivity index is 1.88. The zero-order valence-corrected chi connectivity index (χ0v) is 9.91. The SMILES string of the molecule is Nc1cnccc1C(=O)NCCc1cscn1. The Bertz CT molecular complexity index is 498. The number of carbonyl (C=O) groups is 1. The van der Waals surface area contributed by atoms with Crippen molar-refractivity contribution in [1.29, 1.82) is 0 Å². The Hall–Kier alpha value is -1.95. The highest BCUT2D eigenvalue weighted by Gasteiger charge is 2.08. The molecule has 0 aromatic carbocycles. The monoisotopic (exact) mass is 248 g/mol. The molecule has 0 unspecified atom stereocenters. The second-order valence-corrected chi connectivity index (χ2v) is 4.17. The van der Waals surface area contributed by atoms with Crippen LogP contribution in [0, 0.1) is 0 Å². The Kier molecular flexibility index (Phi) is 3.66. The van der Waals surface area contributed by atoms with Gasteiger partial charge in [-0.2, -0.15) is 0 Å². The molecule has 6 heteroatoms. The average Bonchev–Trinajstić information content (AvgIpc) is 2.82. The first-order chi connectivity index (χ1) is 8.27. The summed E-state index contributed by atoms with van der Waals surface area (Å²) in [5.41, 5.74) is 9.26. The number of pyridine rings is 1. The van der Waals surface area contributed by atoms with E-state index in [0.717, 1.165) is 12.1 Å². The Morgan fingerprint density at radius 2 is 2.41 bits per heavy atom. The third-order valence-electron chi connectivity index (χ3n) is 2.25. The van der Waals surface area contributed by atoms with Crippen molar-refractivity contribution in [3.8, 4) is 0 Å². The second kappa shape index (κ2) is 5.40. The van der Waals surface area contributed by atoms with Crippen LogP contribution < -0.4 is 11.1 Å². The quantitative estimate of drug-likeness (QED) is 0.848. The van der Waals surface area contributed by atoms with E-state index >= 15 is 0 Å². The standard InChI is InChI=1S/C11H12N4OS/c12-10-5-13-3-2-9(10)11(16)14-4-1-8-6-17-7-15-8/h2-3,5-7H,1,4,12H2,(H,14,16). The number of hydrogen-bond donors (Lipinski definition) is 2. The number of nitrogens with one attached hydrogen (secondary N) is 1. The normalized spacial score (nSPS) is 10.1. The zero-order chi connectivity index (χ0) is 12.1. The topological polar surface area (TPSA) is 80.9 Å². The molecule has 88 valence electrons. The van der Waals surface area contributed by atoms with Crippen molar-refractivity contribution in [1.82, 2.24) is 15.3 Å². The lowest BCUT2D eigenvalue weighted by Gasteiger charge is -2.05. The minimum absolute atomic E-state index is 0.180. The fourth-order valence-electron chi connectivity index (χ4n) is 1.37. The van der Waals surface area contributed by atoms with Crippen molar-refractivity contribution in [3.05, 3.63) is 40.6 Å². The first kappa shape index (κ1) is 11.5. The fraction of sp³-hybridized carbons (Fsp3) is 0.182. The van der Waals surface area contributed by atoms with Crippen LogP contribution in [0.5, 0.6) is 0 Å². The van der Waals surface area contributed by atoms with Crippen LogP contribution in [0.2, 0.25) is 0 Å². The minimum Gasteiger partial charge on any atom is -0.397 e. The third kappa shape index (κ3) is 3.01. The van der Waals surface area contributed by atoms with Crippen molar-refractivity contribution in [2.45, 2.75) is 6.42 Å². The van der Waals surface area contributed by atoms with Crippen LogP contribution in [0.25, 0.3) is 0 Å². The first-order valence-electron chi connectivity index (χ1n) is 5.12. The summed E-state index contributed by atoms with van der Waals surface area (Å²) in [7, 11) is 0. The lowest BCUT2D eigenvalue weighted by atomic mass is 10.2. The fourth-order valence-corrected chi connectivity index (χ4v) is 1.97. The lowest BCUT2D eigenvalue weighted by Crippen LogP contribution is -2.26. The molecule has 0 aliphatic rings. The summed E-state index contributed by atoms with van der Waals surface area (Å²) in [6, 6.07) is 1.60. The number of anilines is 1. The molecule has 0 saturated heterocycles. The largest absolute Gasteiger partial charge is 0.397 e. The van der Waals surface area contributed by atoms with Crippen LogP contribution in [0.3, 0.4) is 0 Å². The molecule has 1 amide bonds. The number of hydrogen-bond acceptors (Lipinski definition) is 5. The summed E-state index contributed by atoms with van der Waals surface area (Å²) in [4.78, 5) is 19.7. The van der Waals surface area contributed by atoms with E-state index in [2.05, 4.69) is 15.3 Å². The lowest BCUT2D eigenvalue weighted by molar-refractivity contribution is 0.0955. The average molecular weight is 248 g/mol. The van der Waals surface area contributed by atoms with Gasteiger partial charge in [0.15, 0.2) is 0 Å². The first-order valence-corrected chi connectivity index (χ1v) is 6.06. The molecule has 2 aromatic rings. The molecule has 0 spiro atoms. The maximum absolute atomic E-state index is 11.8. The third-order valence-corrected chi connectivity index (χ3v) is 2.88. The summed E-state index contributed by atoms with van der Waals surface area (Å²) < 4.78 is 0. The molecule has 0 saturated carbocycles. The van der Waals surface area contributed by atoms with Gasteiger partial charge in [0.05, 0.1) is 28.7 Å². The van der Waals surface area contributed by atoms with E-state index in [1.807, 2.05) is 5.38 Å². The predicted octanol–water partition coefficient (Wildman–Crippen LogP) is 1.09. The maximum atomic E-state index is 11.8. The van der Waals surface area contributed by atoms with E-state index in [4.69, 9.17) is 5.73 Å². The van der Waals surface area contributed by atoms with Gasteiger partial charge in [0.2, 0.25) is 0 Å². The van der Waals surface area contributed by atoms with Gasteiger partial charge in [-0.15, -0.1) is 11.3 Å². The van der Waals surface area contributed by atoms with Crippen LogP contribution >= 0.6 is 11.3 Å². The van der Waals surface area contributed by atoms with Crippen LogP contribution in [0.15, 0.2) is 29.4 Å². The molecule has 0 aliphatic heterocycles. The molecule has 0 bridgehead atoms. The number of carbonyl (C=O) groups excluding carboxylic acids is 1. The predicted molar refractivity (Wildman–Crippen MR) is 66.8 cm³/mol. The number of aromatic nitrogens is 2.